The number of hydrogen-bond donors (Lipinski definition) is 0. The molecule has 22 heavy (non-hydrogen) atoms. The third kappa shape index (κ3) is 2.65. The van der Waals surface area contributed by atoms with E-state index < -0.39 is 0 Å². The Morgan fingerprint density at radius 3 is 2.45 bits per heavy atom. The van der Waals surface area contributed by atoms with E-state index in [0.29, 0.717) is 12.1 Å². The van der Waals surface area contributed by atoms with Gasteiger partial charge in [-0.1, -0.05) is 66.7 Å². The van der Waals surface area contributed by atoms with Gasteiger partial charge in [0.2, 0.25) is 0 Å². The fourth-order valence-electron chi connectivity index (χ4n) is 3.40. The van der Waals surface area contributed by atoms with Gasteiger partial charge >= 0.3 is 0 Å². The van der Waals surface area contributed by atoms with Crippen LogP contribution in [-0.4, -0.2) is 17.5 Å². The molecule has 1 saturated heterocycles. The summed E-state index contributed by atoms with van der Waals surface area (Å²) in [4.78, 5) is 2.59. The van der Waals surface area contributed by atoms with Gasteiger partial charge in [0, 0.05) is 18.6 Å². The van der Waals surface area contributed by atoms with Crippen molar-refractivity contribution in [3.8, 4) is 0 Å². The smallest absolute Gasteiger partial charge is 0.0324 e. The first-order chi connectivity index (χ1) is 10.8. The summed E-state index contributed by atoms with van der Waals surface area (Å²) >= 11 is 0. The minimum Gasteiger partial charge on any atom is -0.290 e. The average molecular weight is 287 g/mol. The molecule has 0 spiro atoms. The summed E-state index contributed by atoms with van der Waals surface area (Å²) in [6, 6.07) is 27.5. The number of hydrogen-bond acceptors (Lipinski definition) is 1. The molecular formula is C21H21N. The molecule has 1 nitrogen and oxygen atoms in total. The highest BCUT2D eigenvalue weighted by atomic mass is 15.3. The summed E-state index contributed by atoms with van der Waals surface area (Å²) in [5.41, 5.74) is 2.87. The van der Waals surface area contributed by atoms with Crippen LogP contribution in [0.3, 0.4) is 0 Å². The molecule has 1 aliphatic rings. The fourth-order valence-corrected chi connectivity index (χ4v) is 3.40. The van der Waals surface area contributed by atoms with Gasteiger partial charge in [-0.2, -0.15) is 0 Å². The van der Waals surface area contributed by atoms with Gasteiger partial charge in [-0.05, 0) is 41.3 Å². The van der Waals surface area contributed by atoms with E-state index in [1.165, 1.54) is 34.9 Å². The lowest BCUT2D eigenvalue weighted by molar-refractivity contribution is 0.405. The number of nitrogens with zero attached hydrogens (tertiary/aromatic N) is 1. The Bertz CT molecular complexity index is 778. The second-order valence-electron chi connectivity index (χ2n) is 6.32. The maximum atomic E-state index is 2.59. The molecule has 0 radical (unpaired) electrons. The monoisotopic (exact) mass is 287 g/mol. The largest absolute Gasteiger partial charge is 0.290 e. The standard InChI is InChI=1S/C21H21N/c1-16(19-12-11-18-9-5-6-10-20(18)14-19)22-15-21(22)13-17-7-3-2-4-8-17/h2-12,14,16,21H,13,15H2,1H3/t16-,21+,22?/m0/s1. The van der Waals surface area contributed by atoms with E-state index in [4.69, 9.17) is 0 Å². The van der Waals surface area contributed by atoms with Crippen molar-refractivity contribution in [1.82, 2.24) is 4.90 Å². The van der Waals surface area contributed by atoms with Crippen molar-refractivity contribution in [3.05, 3.63) is 83.9 Å². The van der Waals surface area contributed by atoms with Gasteiger partial charge in [0.05, 0.1) is 0 Å². The Labute approximate surface area is 132 Å². The fraction of sp³-hybridized carbons (Fsp3) is 0.238. The topological polar surface area (TPSA) is 3.01 Å². The zero-order valence-corrected chi connectivity index (χ0v) is 12.9. The number of rotatable bonds is 4. The van der Waals surface area contributed by atoms with Crippen molar-refractivity contribution < 1.29 is 0 Å². The molecule has 1 heteroatoms. The minimum atomic E-state index is 0.498. The first kappa shape index (κ1) is 13.5. The van der Waals surface area contributed by atoms with E-state index in [-0.39, 0.29) is 0 Å². The summed E-state index contributed by atoms with van der Waals surface area (Å²) in [7, 11) is 0. The maximum Gasteiger partial charge on any atom is 0.0324 e. The molecule has 1 aliphatic heterocycles. The molecule has 0 aliphatic carbocycles. The van der Waals surface area contributed by atoms with E-state index in [1.54, 1.807) is 0 Å². The van der Waals surface area contributed by atoms with Crippen molar-refractivity contribution in [1.29, 1.82) is 0 Å². The van der Waals surface area contributed by atoms with Crippen LogP contribution in [0.4, 0.5) is 0 Å². The highest BCUT2D eigenvalue weighted by Crippen LogP contribution is 2.34. The van der Waals surface area contributed by atoms with Crippen LogP contribution in [-0.2, 0) is 6.42 Å². The van der Waals surface area contributed by atoms with Gasteiger partial charge < -0.3 is 0 Å². The summed E-state index contributed by atoms with van der Waals surface area (Å²) in [6.07, 6.45) is 1.17. The zero-order chi connectivity index (χ0) is 14.9. The molecule has 0 N–H and O–H groups in total. The lowest BCUT2D eigenvalue weighted by Gasteiger charge is -2.15. The van der Waals surface area contributed by atoms with Gasteiger partial charge in [0.25, 0.3) is 0 Å². The molecule has 0 bridgehead atoms. The molecule has 0 aromatic heterocycles. The third-order valence-electron chi connectivity index (χ3n) is 4.82. The van der Waals surface area contributed by atoms with Gasteiger partial charge in [0.1, 0.15) is 0 Å². The van der Waals surface area contributed by atoms with Crippen LogP contribution >= 0.6 is 0 Å². The number of benzene rings is 3. The number of fused-ring (bicyclic) bond motifs is 1. The van der Waals surface area contributed by atoms with Crippen molar-refractivity contribution >= 4 is 10.8 Å². The Hall–Kier alpha value is -2.12. The summed E-state index contributed by atoms with van der Waals surface area (Å²) in [5.74, 6) is 0. The molecule has 3 aromatic carbocycles. The van der Waals surface area contributed by atoms with Gasteiger partial charge in [0.15, 0.2) is 0 Å². The first-order valence-corrected chi connectivity index (χ1v) is 8.09. The summed E-state index contributed by atoms with van der Waals surface area (Å²) in [5, 5.41) is 2.67. The van der Waals surface area contributed by atoms with Crippen LogP contribution in [0.5, 0.6) is 0 Å². The highest BCUT2D eigenvalue weighted by Gasteiger charge is 2.37. The molecule has 3 atom stereocenters. The van der Waals surface area contributed by atoms with Crippen molar-refractivity contribution in [3.63, 3.8) is 0 Å². The SMILES string of the molecule is C[C@@H](c1ccc2ccccc2c1)N1C[C@H]1Cc1ccccc1. The highest BCUT2D eigenvalue weighted by molar-refractivity contribution is 5.83. The van der Waals surface area contributed by atoms with E-state index >= 15 is 0 Å². The average Bonchev–Trinajstić information content (AvgIpc) is 3.34. The second kappa shape index (κ2) is 5.58. The molecule has 0 saturated carbocycles. The molecule has 4 rings (SSSR count). The lowest BCUT2D eigenvalue weighted by atomic mass is 10.0. The van der Waals surface area contributed by atoms with Crippen molar-refractivity contribution in [2.75, 3.05) is 6.54 Å². The van der Waals surface area contributed by atoms with Gasteiger partial charge in [-0.15, -0.1) is 0 Å². The van der Waals surface area contributed by atoms with Gasteiger partial charge in [-0.3, -0.25) is 4.90 Å². The maximum absolute atomic E-state index is 2.59. The van der Waals surface area contributed by atoms with Crippen molar-refractivity contribution in [2.45, 2.75) is 25.4 Å². The van der Waals surface area contributed by atoms with Gasteiger partial charge in [-0.25, -0.2) is 0 Å². The quantitative estimate of drug-likeness (QED) is 0.621. The predicted octanol–water partition coefficient (Wildman–Crippen LogP) is 4.83. The van der Waals surface area contributed by atoms with Crippen LogP contribution in [0.2, 0.25) is 0 Å². The predicted molar refractivity (Wildman–Crippen MR) is 93.0 cm³/mol. The van der Waals surface area contributed by atoms with E-state index in [1.807, 2.05) is 0 Å². The van der Waals surface area contributed by atoms with E-state index in [0.717, 1.165) is 0 Å². The molecule has 3 aromatic rings. The molecule has 1 unspecified atom stereocenters. The van der Waals surface area contributed by atoms with Crippen LogP contribution in [0.15, 0.2) is 72.8 Å². The van der Waals surface area contributed by atoms with Crippen LogP contribution in [0, 0.1) is 0 Å². The summed E-state index contributed by atoms with van der Waals surface area (Å²) in [6.45, 7) is 3.54. The van der Waals surface area contributed by atoms with Crippen LogP contribution in [0.1, 0.15) is 24.1 Å². The molecule has 110 valence electrons. The minimum absolute atomic E-state index is 0.498. The lowest BCUT2D eigenvalue weighted by Crippen LogP contribution is -2.10. The molecule has 0 amide bonds. The third-order valence-corrected chi connectivity index (χ3v) is 4.82. The Kier molecular flexibility index (Phi) is 3.44. The molecule has 1 heterocycles. The second-order valence-corrected chi connectivity index (χ2v) is 6.32. The normalized spacial score (nSPS) is 21.7. The zero-order valence-electron chi connectivity index (χ0n) is 12.9. The Morgan fingerprint density at radius 1 is 0.909 bits per heavy atom. The Balaban J connectivity index is 1.49. The molecule has 1 fully saturated rings. The first-order valence-electron chi connectivity index (χ1n) is 8.09. The van der Waals surface area contributed by atoms with Crippen molar-refractivity contribution in [2.24, 2.45) is 0 Å². The van der Waals surface area contributed by atoms with Crippen LogP contribution in [0.25, 0.3) is 10.8 Å². The summed E-state index contributed by atoms with van der Waals surface area (Å²) < 4.78 is 0. The van der Waals surface area contributed by atoms with Crippen LogP contribution < -0.4 is 0 Å². The van der Waals surface area contributed by atoms with E-state index in [2.05, 4.69) is 84.6 Å². The Morgan fingerprint density at radius 2 is 1.64 bits per heavy atom. The molecular weight excluding hydrogens is 266 g/mol. The van der Waals surface area contributed by atoms with E-state index in [9.17, 15) is 0 Å².